The Hall–Kier alpha value is -1.55. The normalized spacial score (nSPS) is 20.7. The molecule has 1 aromatic carbocycles. The Bertz CT molecular complexity index is 527. The summed E-state index contributed by atoms with van der Waals surface area (Å²) >= 11 is 0. The van der Waals surface area contributed by atoms with Crippen LogP contribution in [-0.4, -0.2) is 21.7 Å². The van der Waals surface area contributed by atoms with Crippen molar-refractivity contribution >= 4 is 11.0 Å². The molecule has 3 rings (SSSR count). The second-order valence-electron chi connectivity index (χ2n) is 4.28. The van der Waals surface area contributed by atoms with Crippen LogP contribution in [0, 0.1) is 6.92 Å². The molecule has 1 aliphatic heterocycles. The van der Waals surface area contributed by atoms with Crippen LogP contribution >= 0.6 is 0 Å². The zero-order chi connectivity index (χ0) is 11.1. The molecule has 0 bridgehead atoms. The van der Waals surface area contributed by atoms with Gasteiger partial charge in [0.05, 0.1) is 11.0 Å². The fourth-order valence-corrected chi connectivity index (χ4v) is 2.24. The number of rotatable bonds is 1. The Morgan fingerprint density at radius 3 is 3.12 bits per heavy atom. The summed E-state index contributed by atoms with van der Waals surface area (Å²) in [5.41, 5.74) is 2.78. The molecule has 0 radical (unpaired) electrons. The third-order valence-electron chi connectivity index (χ3n) is 3.01. The zero-order valence-electron chi connectivity index (χ0n) is 9.16. The number of imidazole rings is 1. The van der Waals surface area contributed by atoms with Gasteiger partial charge in [0.1, 0.15) is 17.7 Å². The molecule has 0 amide bonds. The molecular formula is C12H14N2O2. The lowest BCUT2D eigenvalue weighted by Gasteiger charge is -2.03. The van der Waals surface area contributed by atoms with E-state index in [1.54, 1.807) is 12.1 Å². The summed E-state index contributed by atoms with van der Waals surface area (Å²) in [6.07, 6.45) is 2.20. The number of fused-ring (bicyclic) bond motifs is 1. The maximum absolute atomic E-state index is 9.51. The molecule has 1 saturated heterocycles. The van der Waals surface area contributed by atoms with Gasteiger partial charge in [0.15, 0.2) is 0 Å². The van der Waals surface area contributed by atoms with Crippen molar-refractivity contribution in [1.82, 2.24) is 9.97 Å². The van der Waals surface area contributed by atoms with E-state index in [4.69, 9.17) is 4.74 Å². The molecule has 0 saturated carbocycles. The molecule has 4 nitrogen and oxygen atoms in total. The van der Waals surface area contributed by atoms with Crippen molar-refractivity contribution in [2.75, 3.05) is 6.61 Å². The summed E-state index contributed by atoms with van der Waals surface area (Å²) in [4.78, 5) is 7.77. The minimum atomic E-state index is 0.0916. The minimum Gasteiger partial charge on any atom is -0.508 e. The van der Waals surface area contributed by atoms with Gasteiger partial charge < -0.3 is 14.8 Å². The number of phenolic OH excluding ortho intramolecular Hbond substituents is 1. The summed E-state index contributed by atoms with van der Waals surface area (Å²) in [5, 5.41) is 9.51. The van der Waals surface area contributed by atoms with Crippen molar-refractivity contribution in [3.05, 3.63) is 23.5 Å². The standard InChI is InChI=1S/C12H14N2O2/c1-7-5-8(15)6-9-11(7)14-12(13-9)10-3-2-4-16-10/h5-6,10,15H,2-4H2,1H3,(H,13,14)/t10-/m0/s1. The zero-order valence-corrected chi connectivity index (χ0v) is 9.16. The van der Waals surface area contributed by atoms with Gasteiger partial charge in [0.2, 0.25) is 0 Å². The monoisotopic (exact) mass is 218 g/mol. The van der Waals surface area contributed by atoms with Gasteiger partial charge in [0, 0.05) is 12.7 Å². The lowest BCUT2D eigenvalue weighted by molar-refractivity contribution is 0.106. The molecule has 0 unspecified atom stereocenters. The number of ether oxygens (including phenoxy) is 1. The average molecular weight is 218 g/mol. The van der Waals surface area contributed by atoms with E-state index in [9.17, 15) is 5.11 Å². The molecule has 2 aromatic rings. The third kappa shape index (κ3) is 1.46. The Kier molecular flexibility index (Phi) is 2.11. The van der Waals surface area contributed by atoms with E-state index in [2.05, 4.69) is 9.97 Å². The maximum atomic E-state index is 9.51. The van der Waals surface area contributed by atoms with Crippen LogP contribution < -0.4 is 0 Å². The first-order valence-corrected chi connectivity index (χ1v) is 5.55. The number of aromatic hydroxyl groups is 1. The van der Waals surface area contributed by atoms with E-state index in [1.807, 2.05) is 6.92 Å². The van der Waals surface area contributed by atoms with Crippen molar-refractivity contribution in [2.24, 2.45) is 0 Å². The number of nitrogens with one attached hydrogen (secondary N) is 1. The van der Waals surface area contributed by atoms with Crippen molar-refractivity contribution in [2.45, 2.75) is 25.9 Å². The molecule has 16 heavy (non-hydrogen) atoms. The Morgan fingerprint density at radius 1 is 1.50 bits per heavy atom. The van der Waals surface area contributed by atoms with E-state index in [0.29, 0.717) is 0 Å². The smallest absolute Gasteiger partial charge is 0.136 e. The predicted molar refractivity (Wildman–Crippen MR) is 60.4 cm³/mol. The molecule has 2 N–H and O–H groups in total. The number of hydrogen-bond donors (Lipinski definition) is 2. The van der Waals surface area contributed by atoms with Crippen molar-refractivity contribution in [3.8, 4) is 5.75 Å². The highest BCUT2D eigenvalue weighted by Crippen LogP contribution is 2.30. The summed E-state index contributed by atoms with van der Waals surface area (Å²) in [7, 11) is 0. The number of nitrogens with zero attached hydrogens (tertiary/aromatic N) is 1. The van der Waals surface area contributed by atoms with Crippen LogP contribution in [0.1, 0.15) is 30.3 Å². The van der Waals surface area contributed by atoms with E-state index in [0.717, 1.165) is 41.9 Å². The highest BCUT2D eigenvalue weighted by molar-refractivity contribution is 5.80. The van der Waals surface area contributed by atoms with Gasteiger partial charge in [0.25, 0.3) is 0 Å². The average Bonchev–Trinajstić information content (AvgIpc) is 2.82. The minimum absolute atomic E-state index is 0.0916. The molecule has 1 aliphatic rings. The molecule has 2 heterocycles. The Balaban J connectivity index is 2.11. The molecular weight excluding hydrogens is 204 g/mol. The lowest BCUT2D eigenvalue weighted by Crippen LogP contribution is -1.97. The number of benzene rings is 1. The number of aromatic nitrogens is 2. The largest absolute Gasteiger partial charge is 0.508 e. The van der Waals surface area contributed by atoms with Crippen LogP contribution in [0.2, 0.25) is 0 Å². The number of H-pyrrole nitrogens is 1. The first-order chi connectivity index (χ1) is 7.74. The van der Waals surface area contributed by atoms with Crippen LogP contribution in [0.3, 0.4) is 0 Å². The molecule has 1 atom stereocenters. The van der Waals surface area contributed by atoms with Crippen LogP contribution in [0.5, 0.6) is 5.75 Å². The van der Waals surface area contributed by atoms with E-state index < -0.39 is 0 Å². The number of aromatic amines is 1. The summed E-state index contributed by atoms with van der Waals surface area (Å²) in [6.45, 7) is 2.76. The number of hydrogen-bond acceptors (Lipinski definition) is 3. The topological polar surface area (TPSA) is 58.1 Å². The van der Waals surface area contributed by atoms with Crippen LogP contribution in [-0.2, 0) is 4.74 Å². The van der Waals surface area contributed by atoms with Gasteiger partial charge in [-0.3, -0.25) is 0 Å². The van der Waals surface area contributed by atoms with Gasteiger partial charge in [-0.05, 0) is 31.4 Å². The fraction of sp³-hybridized carbons (Fsp3) is 0.417. The summed E-state index contributed by atoms with van der Waals surface area (Å²) in [5.74, 6) is 1.15. The molecule has 4 heteroatoms. The quantitative estimate of drug-likeness (QED) is 0.772. The van der Waals surface area contributed by atoms with Gasteiger partial charge >= 0.3 is 0 Å². The summed E-state index contributed by atoms with van der Waals surface area (Å²) < 4.78 is 5.58. The predicted octanol–water partition coefficient (Wildman–Crippen LogP) is 2.43. The number of phenols is 1. The molecule has 1 aromatic heterocycles. The van der Waals surface area contributed by atoms with Crippen molar-refractivity contribution in [1.29, 1.82) is 0 Å². The second kappa shape index (κ2) is 3.49. The first kappa shape index (κ1) is 9.66. The highest BCUT2D eigenvalue weighted by Gasteiger charge is 2.21. The fourth-order valence-electron chi connectivity index (χ4n) is 2.24. The van der Waals surface area contributed by atoms with Gasteiger partial charge in [-0.15, -0.1) is 0 Å². The summed E-state index contributed by atoms with van der Waals surface area (Å²) in [6, 6.07) is 3.43. The van der Waals surface area contributed by atoms with Gasteiger partial charge in [-0.25, -0.2) is 4.98 Å². The van der Waals surface area contributed by atoms with E-state index in [-0.39, 0.29) is 11.9 Å². The molecule has 0 aliphatic carbocycles. The Labute approximate surface area is 93.3 Å². The molecule has 0 spiro atoms. The lowest BCUT2D eigenvalue weighted by atomic mass is 10.2. The van der Waals surface area contributed by atoms with Crippen LogP contribution in [0.25, 0.3) is 11.0 Å². The maximum Gasteiger partial charge on any atom is 0.136 e. The third-order valence-corrected chi connectivity index (χ3v) is 3.01. The van der Waals surface area contributed by atoms with E-state index >= 15 is 0 Å². The van der Waals surface area contributed by atoms with Crippen molar-refractivity contribution in [3.63, 3.8) is 0 Å². The molecule has 1 fully saturated rings. The first-order valence-electron chi connectivity index (χ1n) is 5.55. The highest BCUT2D eigenvalue weighted by atomic mass is 16.5. The Morgan fingerprint density at radius 2 is 2.38 bits per heavy atom. The SMILES string of the molecule is Cc1cc(O)cc2[nH]c([C@@H]3CCCO3)nc12. The van der Waals surface area contributed by atoms with Crippen LogP contribution in [0.4, 0.5) is 0 Å². The van der Waals surface area contributed by atoms with Gasteiger partial charge in [-0.2, -0.15) is 0 Å². The molecule has 84 valence electrons. The second-order valence-corrected chi connectivity index (χ2v) is 4.28. The van der Waals surface area contributed by atoms with Gasteiger partial charge in [-0.1, -0.05) is 0 Å². The van der Waals surface area contributed by atoms with Crippen LogP contribution in [0.15, 0.2) is 12.1 Å². The van der Waals surface area contributed by atoms with E-state index in [1.165, 1.54) is 0 Å². The van der Waals surface area contributed by atoms with Crippen molar-refractivity contribution < 1.29 is 9.84 Å². The number of aryl methyl sites for hydroxylation is 1.